The second kappa shape index (κ2) is 6.95. The molecule has 114 valence electrons. The molecule has 0 amide bonds. The predicted octanol–water partition coefficient (Wildman–Crippen LogP) is 3.59. The van der Waals surface area contributed by atoms with Crippen molar-refractivity contribution in [1.29, 1.82) is 0 Å². The van der Waals surface area contributed by atoms with Crippen LogP contribution >= 0.6 is 11.6 Å². The van der Waals surface area contributed by atoms with E-state index in [0.29, 0.717) is 0 Å². The maximum absolute atomic E-state index is 6.43. The van der Waals surface area contributed by atoms with Crippen molar-refractivity contribution in [2.75, 3.05) is 13.6 Å². The van der Waals surface area contributed by atoms with Gasteiger partial charge in [0.2, 0.25) is 0 Å². The number of aromatic nitrogens is 2. The van der Waals surface area contributed by atoms with Gasteiger partial charge in [-0.1, -0.05) is 31.4 Å². The molecule has 1 aromatic heterocycles. The van der Waals surface area contributed by atoms with Crippen LogP contribution in [0.4, 0.5) is 0 Å². The summed E-state index contributed by atoms with van der Waals surface area (Å²) < 4.78 is 1.98. The minimum absolute atomic E-state index is 0.730. The Balaban J connectivity index is 2.13. The van der Waals surface area contributed by atoms with E-state index in [1.165, 1.54) is 31.4 Å². The van der Waals surface area contributed by atoms with Gasteiger partial charge in [-0.2, -0.15) is 5.10 Å². The highest BCUT2D eigenvalue weighted by Gasteiger charge is 2.30. The standard InChI is InChI=1S/C16H28ClN3/c1-5-12-6-7-13(10-18-3)14(8-12)9-15-16(17)11(2)19-20(15)4/h12-14,18H,5-10H2,1-4H3. The summed E-state index contributed by atoms with van der Waals surface area (Å²) in [5, 5.41) is 8.69. The number of halogens is 1. The van der Waals surface area contributed by atoms with E-state index in [1.807, 2.05) is 18.7 Å². The third kappa shape index (κ3) is 3.37. The zero-order valence-electron chi connectivity index (χ0n) is 13.2. The monoisotopic (exact) mass is 297 g/mol. The molecule has 1 N–H and O–H groups in total. The molecule has 0 bridgehead atoms. The lowest BCUT2D eigenvalue weighted by Gasteiger charge is -2.36. The first-order valence-corrected chi connectivity index (χ1v) is 8.27. The third-order valence-electron chi connectivity index (χ3n) is 5.01. The van der Waals surface area contributed by atoms with E-state index in [9.17, 15) is 0 Å². The lowest BCUT2D eigenvalue weighted by molar-refractivity contribution is 0.171. The van der Waals surface area contributed by atoms with Gasteiger partial charge in [-0.25, -0.2) is 0 Å². The van der Waals surface area contributed by atoms with Crippen LogP contribution in [0.5, 0.6) is 0 Å². The summed E-state index contributed by atoms with van der Waals surface area (Å²) in [4.78, 5) is 0. The van der Waals surface area contributed by atoms with Crippen molar-refractivity contribution in [2.24, 2.45) is 24.8 Å². The fourth-order valence-electron chi connectivity index (χ4n) is 3.73. The Morgan fingerprint density at radius 2 is 2.10 bits per heavy atom. The quantitative estimate of drug-likeness (QED) is 0.900. The van der Waals surface area contributed by atoms with Crippen LogP contribution in [0.25, 0.3) is 0 Å². The van der Waals surface area contributed by atoms with Crippen LogP contribution < -0.4 is 5.32 Å². The Morgan fingerprint density at radius 3 is 2.65 bits per heavy atom. The summed E-state index contributed by atoms with van der Waals surface area (Å²) in [6.07, 6.45) is 6.44. The molecule has 0 spiro atoms. The van der Waals surface area contributed by atoms with Crippen LogP contribution in [0.1, 0.15) is 44.0 Å². The average Bonchev–Trinajstić information content (AvgIpc) is 2.67. The van der Waals surface area contributed by atoms with Crippen LogP contribution in [0, 0.1) is 24.7 Å². The Kier molecular flexibility index (Phi) is 5.50. The van der Waals surface area contributed by atoms with E-state index in [2.05, 4.69) is 24.4 Å². The highest BCUT2D eigenvalue weighted by molar-refractivity contribution is 6.31. The van der Waals surface area contributed by atoms with E-state index in [-0.39, 0.29) is 0 Å². The van der Waals surface area contributed by atoms with E-state index in [0.717, 1.165) is 41.4 Å². The van der Waals surface area contributed by atoms with Gasteiger partial charge in [0.25, 0.3) is 0 Å². The van der Waals surface area contributed by atoms with E-state index >= 15 is 0 Å². The van der Waals surface area contributed by atoms with Crippen LogP contribution in [0.3, 0.4) is 0 Å². The average molecular weight is 298 g/mol. The third-order valence-corrected chi connectivity index (χ3v) is 5.50. The normalized spacial score (nSPS) is 26.9. The molecule has 4 heteroatoms. The van der Waals surface area contributed by atoms with Gasteiger partial charge in [0.05, 0.1) is 16.4 Å². The van der Waals surface area contributed by atoms with Gasteiger partial charge >= 0.3 is 0 Å². The second-order valence-corrected chi connectivity index (χ2v) is 6.72. The molecule has 2 rings (SSSR count). The maximum atomic E-state index is 6.43. The fourth-order valence-corrected chi connectivity index (χ4v) is 3.96. The molecule has 3 unspecified atom stereocenters. The van der Waals surface area contributed by atoms with Crippen LogP contribution in [0.15, 0.2) is 0 Å². The van der Waals surface area contributed by atoms with Gasteiger partial charge < -0.3 is 5.32 Å². The molecule has 0 saturated heterocycles. The molecular weight excluding hydrogens is 270 g/mol. The minimum atomic E-state index is 0.730. The predicted molar refractivity (Wildman–Crippen MR) is 85.2 cm³/mol. The van der Waals surface area contributed by atoms with Gasteiger partial charge in [-0.05, 0) is 57.5 Å². The first-order valence-electron chi connectivity index (χ1n) is 7.89. The molecule has 3 atom stereocenters. The molecule has 1 aliphatic rings. The van der Waals surface area contributed by atoms with Crippen molar-refractivity contribution in [1.82, 2.24) is 15.1 Å². The van der Waals surface area contributed by atoms with Gasteiger partial charge in [0, 0.05) is 7.05 Å². The Labute approximate surface area is 128 Å². The second-order valence-electron chi connectivity index (χ2n) is 6.34. The topological polar surface area (TPSA) is 29.9 Å². The number of hydrogen-bond acceptors (Lipinski definition) is 2. The molecule has 1 fully saturated rings. The highest BCUT2D eigenvalue weighted by atomic mass is 35.5. The molecule has 1 aromatic rings. The number of nitrogens with one attached hydrogen (secondary N) is 1. The van der Waals surface area contributed by atoms with Crippen LogP contribution in [-0.2, 0) is 13.5 Å². The van der Waals surface area contributed by atoms with Gasteiger partial charge in [0.1, 0.15) is 0 Å². The van der Waals surface area contributed by atoms with Crippen LogP contribution in [0.2, 0.25) is 5.02 Å². The molecule has 0 radical (unpaired) electrons. The fraction of sp³-hybridized carbons (Fsp3) is 0.812. The van der Waals surface area contributed by atoms with Crippen molar-refractivity contribution >= 4 is 11.6 Å². The SMILES string of the molecule is CCC1CCC(CNC)C(Cc2c(Cl)c(C)nn2C)C1. The van der Waals surface area contributed by atoms with E-state index in [4.69, 9.17) is 11.6 Å². The highest BCUT2D eigenvalue weighted by Crippen LogP contribution is 2.38. The summed E-state index contributed by atoms with van der Waals surface area (Å²) in [7, 11) is 4.07. The molecule has 3 nitrogen and oxygen atoms in total. The van der Waals surface area contributed by atoms with E-state index in [1.54, 1.807) is 0 Å². The zero-order chi connectivity index (χ0) is 14.7. The lowest BCUT2D eigenvalue weighted by Crippen LogP contribution is -2.33. The molecule has 0 aliphatic heterocycles. The first-order chi connectivity index (χ1) is 9.56. The van der Waals surface area contributed by atoms with Crippen LogP contribution in [-0.4, -0.2) is 23.4 Å². The zero-order valence-corrected chi connectivity index (χ0v) is 14.0. The Hall–Kier alpha value is -0.540. The largest absolute Gasteiger partial charge is 0.319 e. The van der Waals surface area contributed by atoms with Crippen molar-refractivity contribution in [2.45, 2.75) is 46.0 Å². The summed E-state index contributed by atoms with van der Waals surface area (Å²) in [6.45, 7) is 5.43. The van der Waals surface area contributed by atoms with Gasteiger partial charge in [-0.3, -0.25) is 4.68 Å². The summed E-state index contributed by atoms with van der Waals surface area (Å²) in [5.74, 6) is 2.39. The van der Waals surface area contributed by atoms with Gasteiger partial charge in [0.15, 0.2) is 0 Å². The molecule has 20 heavy (non-hydrogen) atoms. The molecule has 1 heterocycles. The lowest BCUT2D eigenvalue weighted by atomic mass is 9.71. The number of rotatable bonds is 5. The first kappa shape index (κ1) is 15.8. The number of hydrogen-bond donors (Lipinski definition) is 1. The van der Waals surface area contributed by atoms with E-state index < -0.39 is 0 Å². The molecule has 1 saturated carbocycles. The minimum Gasteiger partial charge on any atom is -0.319 e. The number of aryl methyl sites for hydroxylation is 2. The smallest absolute Gasteiger partial charge is 0.0847 e. The van der Waals surface area contributed by atoms with Crippen molar-refractivity contribution < 1.29 is 0 Å². The molecule has 1 aliphatic carbocycles. The Morgan fingerprint density at radius 1 is 1.35 bits per heavy atom. The summed E-state index contributed by atoms with van der Waals surface area (Å²) in [5.41, 5.74) is 2.17. The van der Waals surface area contributed by atoms with Crippen molar-refractivity contribution in [3.8, 4) is 0 Å². The number of nitrogens with zero attached hydrogens (tertiary/aromatic N) is 2. The Bertz CT molecular complexity index is 441. The van der Waals surface area contributed by atoms with Crippen molar-refractivity contribution in [3.05, 3.63) is 16.4 Å². The van der Waals surface area contributed by atoms with Crippen molar-refractivity contribution in [3.63, 3.8) is 0 Å². The summed E-state index contributed by atoms with van der Waals surface area (Å²) >= 11 is 6.43. The van der Waals surface area contributed by atoms with Gasteiger partial charge in [-0.15, -0.1) is 0 Å². The molecular formula is C16H28ClN3. The summed E-state index contributed by atoms with van der Waals surface area (Å²) in [6, 6.07) is 0. The maximum Gasteiger partial charge on any atom is 0.0847 e. The molecule has 0 aromatic carbocycles.